The van der Waals surface area contributed by atoms with Crippen LogP contribution in [0.3, 0.4) is 0 Å². The minimum Gasteiger partial charge on any atom is -0.299 e. The second kappa shape index (κ2) is 5.46. The van der Waals surface area contributed by atoms with Gasteiger partial charge in [0.15, 0.2) is 0 Å². The topological polar surface area (TPSA) is 17.1 Å². The molecule has 0 saturated carbocycles. The van der Waals surface area contributed by atoms with Crippen molar-refractivity contribution in [1.29, 1.82) is 0 Å². The predicted octanol–water partition coefficient (Wildman–Crippen LogP) is 4.69. The lowest BCUT2D eigenvalue weighted by molar-refractivity contribution is -0.119. The third kappa shape index (κ3) is 4.38. The predicted molar refractivity (Wildman–Crippen MR) is 74.0 cm³/mol. The molecule has 1 aromatic rings. The van der Waals surface area contributed by atoms with Crippen LogP contribution >= 0.6 is 27.3 Å². The summed E-state index contributed by atoms with van der Waals surface area (Å²) < 4.78 is 1.10. The smallest absolute Gasteiger partial charge is 0.138 e. The molecular formula is C13H19BrOS. The molecule has 90 valence electrons. The van der Waals surface area contributed by atoms with Crippen LogP contribution in [-0.2, 0) is 11.2 Å². The van der Waals surface area contributed by atoms with E-state index in [2.05, 4.69) is 43.6 Å². The third-order valence-electron chi connectivity index (χ3n) is 3.01. The Kier molecular flexibility index (Phi) is 4.74. The zero-order chi connectivity index (χ0) is 12.3. The van der Waals surface area contributed by atoms with Crippen molar-refractivity contribution in [1.82, 2.24) is 0 Å². The minimum absolute atomic E-state index is 0.214. The van der Waals surface area contributed by atoms with E-state index in [1.807, 2.05) is 12.1 Å². The summed E-state index contributed by atoms with van der Waals surface area (Å²) in [5, 5.41) is 0. The number of hydrogen-bond donors (Lipinski definition) is 0. The van der Waals surface area contributed by atoms with Crippen LogP contribution < -0.4 is 0 Å². The molecular weight excluding hydrogens is 284 g/mol. The van der Waals surface area contributed by atoms with E-state index >= 15 is 0 Å². The van der Waals surface area contributed by atoms with Crippen LogP contribution in [0.25, 0.3) is 0 Å². The van der Waals surface area contributed by atoms with Crippen LogP contribution in [0, 0.1) is 11.3 Å². The second-order valence-corrected chi connectivity index (χ2v) is 7.94. The number of halogens is 1. The molecule has 0 spiro atoms. The summed E-state index contributed by atoms with van der Waals surface area (Å²) in [6.45, 7) is 8.72. The molecule has 0 aliphatic rings. The van der Waals surface area contributed by atoms with Gasteiger partial charge in [0.1, 0.15) is 5.78 Å². The molecule has 0 N–H and O–H groups in total. The lowest BCUT2D eigenvalue weighted by Crippen LogP contribution is -2.21. The number of hydrogen-bond acceptors (Lipinski definition) is 2. The number of ketones is 1. The van der Waals surface area contributed by atoms with Crippen molar-refractivity contribution in [2.45, 2.75) is 40.5 Å². The zero-order valence-electron chi connectivity index (χ0n) is 10.3. The first kappa shape index (κ1) is 13.9. The standard InChI is InChI=1S/C13H19BrOS/c1-9(13(2,3)4)7-10(15)8-11-5-6-12(14)16-11/h5-6,9H,7-8H2,1-4H3. The summed E-state index contributed by atoms with van der Waals surface area (Å²) in [6, 6.07) is 4.02. The van der Waals surface area contributed by atoms with Gasteiger partial charge in [-0.05, 0) is 39.4 Å². The summed E-state index contributed by atoms with van der Waals surface area (Å²) in [4.78, 5) is 13.0. The third-order valence-corrected chi connectivity index (χ3v) is 4.64. The Bertz CT molecular complexity index is 362. The lowest BCUT2D eigenvalue weighted by atomic mass is 9.79. The average Bonchev–Trinajstić information content (AvgIpc) is 2.49. The highest BCUT2D eigenvalue weighted by molar-refractivity contribution is 9.11. The molecule has 0 radical (unpaired) electrons. The number of rotatable bonds is 4. The second-order valence-electron chi connectivity index (χ2n) is 5.39. The van der Waals surface area contributed by atoms with Crippen LogP contribution in [0.1, 0.15) is 39.0 Å². The van der Waals surface area contributed by atoms with Crippen molar-refractivity contribution in [2.75, 3.05) is 0 Å². The molecule has 0 saturated heterocycles. The van der Waals surface area contributed by atoms with Crippen LogP contribution in [0.2, 0.25) is 0 Å². The van der Waals surface area contributed by atoms with Gasteiger partial charge in [-0.3, -0.25) is 4.79 Å². The molecule has 3 heteroatoms. The highest BCUT2D eigenvalue weighted by Gasteiger charge is 2.22. The summed E-state index contributed by atoms with van der Waals surface area (Å²) in [5.74, 6) is 0.778. The molecule has 16 heavy (non-hydrogen) atoms. The minimum atomic E-state index is 0.214. The molecule has 1 heterocycles. The van der Waals surface area contributed by atoms with Gasteiger partial charge in [0.2, 0.25) is 0 Å². The maximum Gasteiger partial charge on any atom is 0.138 e. The summed E-state index contributed by atoms with van der Waals surface area (Å²) >= 11 is 5.06. The molecule has 1 atom stereocenters. The fourth-order valence-electron chi connectivity index (χ4n) is 1.36. The molecule has 0 fully saturated rings. The van der Waals surface area contributed by atoms with E-state index in [0.29, 0.717) is 24.5 Å². The Labute approximate surface area is 110 Å². The van der Waals surface area contributed by atoms with Crippen LogP contribution in [0.15, 0.2) is 15.9 Å². The Morgan fingerprint density at radius 3 is 2.50 bits per heavy atom. The normalized spacial score (nSPS) is 13.8. The van der Waals surface area contributed by atoms with Crippen molar-refractivity contribution in [3.63, 3.8) is 0 Å². The van der Waals surface area contributed by atoms with Gasteiger partial charge in [0, 0.05) is 17.7 Å². The molecule has 1 nitrogen and oxygen atoms in total. The van der Waals surface area contributed by atoms with Crippen LogP contribution in [0.4, 0.5) is 0 Å². The van der Waals surface area contributed by atoms with Crippen LogP contribution in [-0.4, -0.2) is 5.78 Å². The van der Waals surface area contributed by atoms with E-state index in [-0.39, 0.29) is 5.41 Å². The maximum absolute atomic E-state index is 11.9. The lowest BCUT2D eigenvalue weighted by Gasteiger charge is -2.26. The van der Waals surface area contributed by atoms with Crippen molar-refractivity contribution < 1.29 is 4.79 Å². The van der Waals surface area contributed by atoms with Gasteiger partial charge in [-0.15, -0.1) is 11.3 Å². The monoisotopic (exact) mass is 302 g/mol. The first-order valence-electron chi connectivity index (χ1n) is 5.55. The summed E-state index contributed by atoms with van der Waals surface area (Å²) in [6.07, 6.45) is 1.26. The highest BCUT2D eigenvalue weighted by atomic mass is 79.9. The molecule has 0 aliphatic carbocycles. The first-order valence-corrected chi connectivity index (χ1v) is 7.16. The quantitative estimate of drug-likeness (QED) is 0.788. The van der Waals surface area contributed by atoms with Gasteiger partial charge in [0.25, 0.3) is 0 Å². The number of Topliss-reactive ketones (excluding diaryl/α,β-unsaturated/α-hetero) is 1. The highest BCUT2D eigenvalue weighted by Crippen LogP contribution is 2.29. The van der Waals surface area contributed by atoms with Gasteiger partial charge >= 0.3 is 0 Å². The van der Waals surface area contributed by atoms with Crippen molar-refractivity contribution in [2.24, 2.45) is 11.3 Å². The fourth-order valence-corrected chi connectivity index (χ4v) is 2.87. The van der Waals surface area contributed by atoms with Crippen molar-refractivity contribution in [3.05, 3.63) is 20.8 Å². The van der Waals surface area contributed by atoms with E-state index < -0.39 is 0 Å². The first-order chi connectivity index (χ1) is 7.29. The zero-order valence-corrected chi connectivity index (χ0v) is 12.7. The van der Waals surface area contributed by atoms with Gasteiger partial charge in [-0.1, -0.05) is 27.7 Å². The van der Waals surface area contributed by atoms with Gasteiger partial charge in [-0.25, -0.2) is 0 Å². The molecule has 1 aromatic heterocycles. The molecule has 0 aromatic carbocycles. The Morgan fingerprint density at radius 2 is 2.06 bits per heavy atom. The van der Waals surface area contributed by atoms with Crippen molar-refractivity contribution in [3.8, 4) is 0 Å². The Hall–Kier alpha value is -0.150. The van der Waals surface area contributed by atoms with Gasteiger partial charge < -0.3 is 0 Å². The fraction of sp³-hybridized carbons (Fsp3) is 0.615. The van der Waals surface area contributed by atoms with E-state index in [0.717, 1.165) is 8.66 Å². The SMILES string of the molecule is CC(CC(=O)Cc1ccc(Br)s1)C(C)(C)C. The largest absolute Gasteiger partial charge is 0.299 e. The van der Waals surface area contributed by atoms with E-state index in [1.54, 1.807) is 11.3 Å². The molecule has 1 rings (SSSR count). The molecule has 1 unspecified atom stereocenters. The van der Waals surface area contributed by atoms with E-state index in [4.69, 9.17) is 0 Å². The average molecular weight is 303 g/mol. The van der Waals surface area contributed by atoms with E-state index in [1.165, 1.54) is 0 Å². The summed E-state index contributed by atoms with van der Waals surface area (Å²) in [5.41, 5.74) is 0.214. The van der Waals surface area contributed by atoms with Gasteiger partial charge in [-0.2, -0.15) is 0 Å². The molecule has 0 aliphatic heterocycles. The van der Waals surface area contributed by atoms with Crippen molar-refractivity contribution >= 4 is 33.0 Å². The molecule has 0 bridgehead atoms. The number of carbonyl (C=O) groups excluding carboxylic acids is 1. The maximum atomic E-state index is 11.9. The van der Waals surface area contributed by atoms with E-state index in [9.17, 15) is 4.79 Å². The van der Waals surface area contributed by atoms with Crippen LogP contribution in [0.5, 0.6) is 0 Å². The Balaban J connectivity index is 2.48. The number of carbonyl (C=O) groups is 1. The number of thiophene rings is 1. The summed E-state index contributed by atoms with van der Waals surface area (Å²) in [7, 11) is 0. The molecule has 0 amide bonds. The Morgan fingerprint density at radius 1 is 1.44 bits per heavy atom. The van der Waals surface area contributed by atoms with Gasteiger partial charge in [0.05, 0.1) is 3.79 Å².